The molecule has 1 aliphatic rings. The van der Waals surface area contributed by atoms with Crippen molar-refractivity contribution in [2.45, 2.75) is 13.8 Å². The number of ketones is 2. The fraction of sp³-hybridized carbons (Fsp3) is 0.308. The van der Waals surface area contributed by atoms with E-state index in [9.17, 15) is 23.2 Å². The molecule has 19 heavy (non-hydrogen) atoms. The molecule has 1 aliphatic heterocycles. The summed E-state index contributed by atoms with van der Waals surface area (Å²) in [5, 5.41) is 0. The van der Waals surface area contributed by atoms with Crippen molar-refractivity contribution in [3.05, 3.63) is 29.3 Å². The van der Waals surface area contributed by atoms with Crippen molar-refractivity contribution < 1.29 is 23.2 Å². The summed E-state index contributed by atoms with van der Waals surface area (Å²) < 4.78 is 26.7. The molecule has 0 bridgehead atoms. The third-order valence-electron chi connectivity index (χ3n) is 2.95. The fourth-order valence-corrected chi connectivity index (χ4v) is 1.83. The standard InChI is InChI=1S/C13H11F2NO3/c1-6(2)10(17)5-16-9-4-7(14)3-8(15)11(9)12(18)13(16)19/h3-4,6H,5H2,1-2H3. The van der Waals surface area contributed by atoms with Gasteiger partial charge in [0.25, 0.3) is 11.7 Å². The number of hydrogen-bond donors (Lipinski definition) is 0. The first kappa shape index (κ1) is 13.3. The van der Waals surface area contributed by atoms with Gasteiger partial charge in [-0.3, -0.25) is 19.3 Å². The predicted octanol–water partition coefficient (Wildman–Crippen LogP) is 1.72. The quantitative estimate of drug-likeness (QED) is 0.783. The molecule has 1 aromatic carbocycles. The zero-order chi connectivity index (χ0) is 14.3. The van der Waals surface area contributed by atoms with Crippen molar-refractivity contribution in [2.75, 3.05) is 11.4 Å². The van der Waals surface area contributed by atoms with E-state index in [-0.39, 0.29) is 23.9 Å². The summed E-state index contributed by atoms with van der Waals surface area (Å²) in [4.78, 5) is 35.8. The van der Waals surface area contributed by atoms with Gasteiger partial charge in [-0.15, -0.1) is 0 Å². The molecule has 0 N–H and O–H groups in total. The minimum atomic E-state index is -1.09. The van der Waals surface area contributed by atoms with Crippen LogP contribution in [0.4, 0.5) is 14.5 Å². The summed E-state index contributed by atoms with van der Waals surface area (Å²) in [5.41, 5.74) is -0.649. The SMILES string of the molecule is CC(C)C(=O)CN1C(=O)C(=O)c2c(F)cc(F)cc21. The van der Waals surface area contributed by atoms with Gasteiger partial charge in [0, 0.05) is 12.0 Å². The summed E-state index contributed by atoms with van der Waals surface area (Å²) >= 11 is 0. The number of benzene rings is 1. The molecule has 100 valence electrons. The molecule has 1 amide bonds. The van der Waals surface area contributed by atoms with Crippen LogP contribution in [0, 0.1) is 17.6 Å². The maximum absolute atomic E-state index is 13.5. The lowest BCUT2D eigenvalue weighted by atomic mass is 10.1. The van der Waals surface area contributed by atoms with Gasteiger partial charge >= 0.3 is 0 Å². The van der Waals surface area contributed by atoms with Crippen molar-refractivity contribution in [2.24, 2.45) is 5.92 Å². The first-order valence-corrected chi connectivity index (χ1v) is 5.71. The zero-order valence-corrected chi connectivity index (χ0v) is 10.4. The van der Waals surface area contributed by atoms with Gasteiger partial charge in [0.05, 0.1) is 17.8 Å². The second-order valence-electron chi connectivity index (χ2n) is 4.62. The van der Waals surface area contributed by atoms with E-state index in [2.05, 4.69) is 0 Å². The Balaban J connectivity index is 2.47. The van der Waals surface area contributed by atoms with Gasteiger partial charge in [0.15, 0.2) is 5.78 Å². The number of rotatable bonds is 3. The largest absolute Gasteiger partial charge is 0.300 e. The van der Waals surface area contributed by atoms with Gasteiger partial charge in [0.2, 0.25) is 0 Å². The van der Waals surface area contributed by atoms with Crippen molar-refractivity contribution in [3.63, 3.8) is 0 Å². The molecule has 6 heteroatoms. The fourth-order valence-electron chi connectivity index (χ4n) is 1.83. The molecule has 0 unspecified atom stereocenters. The molecule has 0 saturated heterocycles. The maximum atomic E-state index is 13.5. The Morgan fingerprint density at radius 3 is 2.47 bits per heavy atom. The van der Waals surface area contributed by atoms with Gasteiger partial charge in [-0.2, -0.15) is 0 Å². The molecule has 2 rings (SSSR count). The van der Waals surface area contributed by atoms with E-state index in [1.807, 2.05) is 0 Å². The number of fused-ring (bicyclic) bond motifs is 1. The average molecular weight is 267 g/mol. The Morgan fingerprint density at radius 2 is 1.89 bits per heavy atom. The Labute approximate surface area is 108 Å². The minimum Gasteiger partial charge on any atom is -0.297 e. The van der Waals surface area contributed by atoms with Crippen LogP contribution in [0.2, 0.25) is 0 Å². The normalized spacial score (nSPS) is 14.3. The van der Waals surface area contributed by atoms with E-state index < -0.39 is 28.9 Å². The Hall–Kier alpha value is -2.11. The highest BCUT2D eigenvalue weighted by Crippen LogP contribution is 2.32. The van der Waals surface area contributed by atoms with Crippen LogP contribution >= 0.6 is 0 Å². The van der Waals surface area contributed by atoms with Crippen LogP contribution in [0.5, 0.6) is 0 Å². The van der Waals surface area contributed by atoms with E-state index in [1.54, 1.807) is 13.8 Å². The molecule has 0 aliphatic carbocycles. The number of carbonyl (C=O) groups is 3. The van der Waals surface area contributed by atoms with Crippen LogP contribution in [0.25, 0.3) is 0 Å². The molecule has 0 saturated carbocycles. The van der Waals surface area contributed by atoms with E-state index in [0.29, 0.717) is 6.07 Å². The third kappa shape index (κ3) is 2.14. The van der Waals surface area contributed by atoms with Crippen LogP contribution in [-0.4, -0.2) is 24.0 Å². The number of nitrogens with zero attached hydrogens (tertiary/aromatic N) is 1. The number of carbonyl (C=O) groups excluding carboxylic acids is 3. The zero-order valence-electron chi connectivity index (χ0n) is 10.4. The Morgan fingerprint density at radius 1 is 1.26 bits per heavy atom. The minimum absolute atomic E-state index is 0.179. The van der Waals surface area contributed by atoms with Crippen LogP contribution in [0.1, 0.15) is 24.2 Å². The number of Topliss-reactive ketones (excluding diaryl/α,β-unsaturated/α-hetero) is 2. The van der Waals surface area contributed by atoms with E-state index in [1.165, 1.54) is 0 Å². The van der Waals surface area contributed by atoms with Gasteiger partial charge in [0.1, 0.15) is 11.6 Å². The topological polar surface area (TPSA) is 54.5 Å². The molecule has 0 spiro atoms. The maximum Gasteiger partial charge on any atom is 0.300 e. The molecule has 0 fully saturated rings. The smallest absolute Gasteiger partial charge is 0.297 e. The third-order valence-corrected chi connectivity index (χ3v) is 2.95. The van der Waals surface area contributed by atoms with E-state index in [4.69, 9.17) is 0 Å². The van der Waals surface area contributed by atoms with Crippen LogP contribution in [-0.2, 0) is 9.59 Å². The van der Waals surface area contributed by atoms with Gasteiger partial charge in [-0.25, -0.2) is 8.78 Å². The first-order valence-electron chi connectivity index (χ1n) is 5.71. The predicted molar refractivity (Wildman–Crippen MR) is 62.9 cm³/mol. The van der Waals surface area contributed by atoms with Gasteiger partial charge in [-0.05, 0) is 6.07 Å². The van der Waals surface area contributed by atoms with E-state index in [0.717, 1.165) is 11.0 Å². The van der Waals surface area contributed by atoms with Crippen molar-refractivity contribution >= 4 is 23.2 Å². The Bertz CT molecular complexity index is 596. The van der Waals surface area contributed by atoms with Gasteiger partial charge < -0.3 is 0 Å². The van der Waals surface area contributed by atoms with Crippen molar-refractivity contribution in [1.82, 2.24) is 0 Å². The molecular formula is C13H11F2NO3. The monoisotopic (exact) mass is 267 g/mol. The molecule has 1 heterocycles. The highest BCUT2D eigenvalue weighted by Gasteiger charge is 2.39. The second-order valence-corrected chi connectivity index (χ2v) is 4.62. The lowest BCUT2D eigenvalue weighted by Gasteiger charge is -2.16. The summed E-state index contributed by atoms with van der Waals surface area (Å²) in [6.07, 6.45) is 0. The van der Waals surface area contributed by atoms with Crippen LogP contribution < -0.4 is 4.90 Å². The number of anilines is 1. The summed E-state index contributed by atoms with van der Waals surface area (Å²) in [6, 6.07) is 1.42. The lowest BCUT2D eigenvalue weighted by Crippen LogP contribution is -2.36. The summed E-state index contributed by atoms with van der Waals surface area (Å²) in [7, 11) is 0. The highest BCUT2D eigenvalue weighted by atomic mass is 19.1. The van der Waals surface area contributed by atoms with Crippen molar-refractivity contribution in [1.29, 1.82) is 0 Å². The average Bonchev–Trinajstić information content (AvgIpc) is 2.54. The summed E-state index contributed by atoms with van der Waals surface area (Å²) in [5.74, 6) is -4.69. The van der Waals surface area contributed by atoms with E-state index >= 15 is 0 Å². The molecule has 0 aromatic heterocycles. The van der Waals surface area contributed by atoms with Crippen molar-refractivity contribution in [3.8, 4) is 0 Å². The van der Waals surface area contributed by atoms with Crippen LogP contribution in [0.15, 0.2) is 12.1 Å². The summed E-state index contributed by atoms with van der Waals surface area (Å²) in [6.45, 7) is 2.91. The molecule has 0 atom stereocenters. The van der Waals surface area contributed by atoms with Crippen LogP contribution in [0.3, 0.4) is 0 Å². The lowest BCUT2D eigenvalue weighted by molar-refractivity contribution is -0.122. The number of amides is 1. The number of halogens is 2. The molecule has 0 radical (unpaired) electrons. The highest BCUT2D eigenvalue weighted by molar-refractivity contribution is 6.52. The second kappa shape index (κ2) is 4.53. The number of hydrogen-bond acceptors (Lipinski definition) is 3. The molecule has 4 nitrogen and oxygen atoms in total. The molecular weight excluding hydrogens is 256 g/mol. The Kier molecular flexibility index (Phi) is 3.18. The molecule has 1 aromatic rings. The first-order chi connectivity index (χ1) is 8.82. The van der Waals surface area contributed by atoms with Gasteiger partial charge in [-0.1, -0.05) is 13.8 Å².